The molecule has 2 heterocycles. The van der Waals surface area contributed by atoms with Gasteiger partial charge in [-0.2, -0.15) is 0 Å². The van der Waals surface area contributed by atoms with Gasteiger partial charge in [0.2, 0.25) is 0 Å². The Morgan fingerprint density at radius 3 is 2.60 bits per heavy atom. The van der Waals surface area contributed by atoms with Gasteiger partial charge in [-0.1, -0.05) is 19.1 Å². The van der Waals surface area contributed by atoms with Crippen molar-refractivity contribution < 1.29 is 4.21 Å². The lowest BCUT2D eigenvalue weighted by Gasteiger charge is -2.10. The average molecular weight is 352 g/mol. The highest BCUT2D eigenvalue weighted by molar-refractivity contribution is 7.83. The topological polar surface area (TPSA) is 67.8 Å². The van der Waals surface area contributed by atoms with E-state index < -0.39 is 10.8 Å². The maximum absolute atomic E-state index is 11.4. The van der Waals surface area contributed by atoms with Crippen LogP contribution in [0.2, 0.25) is 0 Å². The van der Waals surface area contributed by atoms with Gasteiger partial charge >= 0.3 is 0 Å². The van der Waals surface area contributed by atoms with Gasteiger partial charge in [-0.05, 0) is 36.2 Å². The van der Waals surface area contributed by atoms with Crippen molar-refractivity contribution in [2.24, 2.45) is 0 Å². The van der Waals surface area contributed by atoms with Gasteiger partial charge in [-0.3, -0.25) is 9.19 Å². The van der Waals surface area contributed by atoms with Gasteiger partial charge in [0, 0.05) is 58.2 Å². The van der Waals surface area contributed by atoms with Gasteiger partial charge < -0.3 is 5.32 Å². The number of aryl methyl sites for hydroxylation is 1. The third-order valence-electron chi connectivity index (χ3n) is 3.65. The third-order valence-corrected chi connectivity index (χ3v) is 4.39. The predicted octanol–water partition coefficient (Wildman–Crippen LogP) is 3.72. The Morgan fingerprint density at radius 2 is 1.88 bits per heavy atom. The quantitative estimate of drug-likeness (QED) is 0.732. The first kappa shape index (κ1) is 17.2. The molecule has 128 valence electrons. The van der Waals surface area contributed by atoms with Crippen molar-refractivity contribution in [1.82, 2.24) is 15.0 Å². The maximum atomic E-state index is 11.4. The average Bonchev–Trinajstić information content (AvgIpc) is 2.62. The van der Waals surface area contributed by atoms with E-state index in [1.807, 2.05) is 42.5 Å². The van der Waals surface area contributed by atoms with Crippen molar-refractivity contribution in [3.05, 3.63) is 66.1 Å². The number of nitrogens with one attached hydrogen (secondary N) is 1. The van der Waals surface area contributed by atoms with Crippen LogP contribution >= 0.6 is 0 Å². The number of benzene rings is 1. The predicted molar refractivity (Wildman–Crippen MR) is 102 cm³/mol. The summed E-state index contributed by atoms with van der Waals surface area (Å²) in [6.07, 6.45) is 6.00. The van der Waals surface area contributed by atoms with Gasteiger partial charge in [-0.15, -0.1) is 0 Å². The Balaban J connectivity index is 1.91. The first-order chi connectivity index (χ1) is 12.1. The highest BCUT2D eigenvalue weighted by Gasteiger charge is 2.07. The van der Waals surface area contributed by atoms with Crippen LogP contribution in [0.4, 0.5) is 11.5 Å². The van der Waals surface area contributed by atoms with Crippen molar-refractivity contribution in [2.75, 3.05) is 11.6 Å². The summed E-state index contributed by atoms with van der Waals surface area (Å²) < 4.78 is 11.4. The normalized spacial score (nSPS) is 11.9. The van der Waals surface area contributed by atoms with Gasteiger partial charge in [0.25, 0.3) is 0 Å². The van der Waals surface area contributed by atoms with E-state index in [-0.39, 0.29) is 0 Å². The molecule has 1 aromatic carbocycles. The second-order valence-electron chi connectivity index (χ2n) is 5.70. The zero-order valence-corrected chi connectivity index (χ0v) is 15.1. The lowest BCUT2D eigenvalue weighted by atomic mass is 10.2. The monoisotopic (exact) mass is 352 g/mol. The van der Waals surface area contributed by atoms with E-state index >= 15 is 0 Å². The molecule has 5 nitrogen and oxygen atoms in total. The van der Waals surface area contributed by atoms with Crippen LogP contribution in [0.3, 0.4) is 0 Å². The SMILES string of the molecule is CCc1cc(Nc2cccc(CS(C)=O)c2)nc(-c2ccncc2)n1. The molecule has 0 amide bonds. The minimum Gasteiger partial charge on any atom is -0.340 e. The molecule has 0 bridgehead atoms. The van der Waals surface area contributed by atoms with Gasteiger partial charge in [-0.25, -0.2) is 9.97 Å². The van der Waals surface area contributed by atoms with Gasteiger partial charge in [0.15, 0.2) is 5.82 Å². The van der Waals surface area contributed by atoms with E-state index in [1.165, 1.54) is 0 Å². The minimum atomic E-state index is -0.864. The van der Waals surface area contributed by atoms with E-state index in [0.29, 0.717) is 11.6 Å². The van der Waals surface area contributed by atoms with Gasteiger partial charge in [0.1, 0.15) is 5.82 Å². The molecule has 2 aromatic heterocycles. The summed E-state index contributed by atoms with van der Waals surface area (Å²) in [5, 5.41) is 3.34. The van der Waals surface area contributed by atoms with Crippen LogP contribution in [-0.4, -0.2) is 25.4 Å². The summed E-state index contributed by atoms with van der Waals surface area (Å²) in [5.74, 6) is 1.96. The van der Waals surface area contributed by atoms with E-state index in [1.54, 1.807) is 18.6 Å². The van der Waals surface area contributed by atoms with Crippen LogP contribution in [-0.2, 0) is 23.0 Å². The highest BCUT2D eigenvalue weighted by Crippen LogP contribution is 2.21. The second kappa shape index (κ2) is 7.98. The molecular weight excluding hydrogens is 332 g/mol. The largest absolute Gasteiger partial charge is 0.340 e. The fourth-order valence-electron chi connectivity index (χ4n) is 2.49. The molecule has 0 fully saturated rings. The maximum Gasteiger partial charge on any atom is 0.161 e. The molecule has 25 heavy (non-hydrogen) atoms. The Hall–Kier alpha value is -2.60. The van der Waals surface area contributed by atoms with Crippen molar-refractivity contribution >= 4 is 22.3 Å². The molecule has 0 aliphatic rings. The van der Waals surface area contributed by atoms with Crippen molar-refractivity contribution in [2.45, 2.75) is 19.1 Å². The summed E-state index contributed by atoms with van der Waals surface area (Å²) in [6.45, 7) is 2.07. The first-order valence-electron chi connectivity index (χ1n) is 8.08. The van der Waals surface area contributed by atoms with Crippen LogP contribution in [0, 0.1) is 0 Å². The number of rotatable bonds is 6. The standard InChI is InChI=1S/C19H20N4OS/c1-3-16-12-18(23-19(22-16)15-7-9-20-10-8-15)21-17-6-4-5-14(11-17)13-25(2)24/h4-12H,3,13H2,1-2H3,(H,21,22,23). The van der Waals surface area contributed by atoms with E-state index in [9.17, 15) is 4.21 Å². The summed E-state index contributed by atoms with van der Waals surface area (Å²) in [5.41, 5.74) is 3.85. The summed E-state index contributed by atoms with van der Waals surface area (Å²) >= 11 is 0. The number of hydrogen-bond donors (Lipinski definition) is 1. The molecule has 1 atom stereocenters. The minimum absolute atomic E-state index is 0.543. The fourth-order valence-corrected chi connectivity index (χ4v) is 3.14. The van der Waals surface area contributed by atoms with Gasteiger partial charge in [0.05, 0.1) is 0 Å². The van der Waals surface area contributed by atoms with Crippen LogP contribution in [0.15, 0.2) is 54.9 Å². The van der Waals surface area contributed by atoms with Crippen LogP contribution in [0.25, 0.3) is 11.4 Å². The molecule has 0 saturated heterocycles. The third kappa shape index (κ3) is 4.70. The lowest BCUT2D eigenvalue weighted by Crippen LogP contribution is -2.01. The van der Waals surface area contributed by atoms with E-state index in [0.717, 1.165) is 34.7 Å². The van der Waals surface area contributed by atoms with Crippen molar-refractivity contribution in [1.29, 1.82) is 0 Å². The Labute approximate surface area is 150 Å². The number of pyridine rings is 1. The number of aromatic nitrogens is 3. The molecule has 3 aromatic rings. The summed E-state index contributed by atoms with van der Waals surface area (Å²) in [4.78, 5) is 13.3. The summed E-state index contributed by atoms with van der Waals surface area (Å²) in [6, 6.07) is 13.7. The molecule has 6 heteroatoms. The molecule has 0 aliphatic heterocycles. The van der Waals surface area contributed by atoms with Crippen LogP contribution in [0.5, 0.6) is 0 Å². The van der Waals surface area contributed by atoms with E-state index in [4.69, 9.17) is 0 Å². The van der Waals surface area contributed by atoms with E-state index in [2.05, 4.69) is 27.2 Å². The lowest BCUT2D eigenvalue weighted by molar-refractivity contribution is 0.686. The van der Waals surface area contributed by atoms with Crippen molar-refractivity contribution in [3.8, 4) is 11.4 Å². The molecule has 0 aliphatic carbocycles. The molecule has 0 radical (unpaired) electrons. The molecule has 0 spiro atoms. The second-order valence-corrected chi connectivity index (χ2v) is 7.14. The zero-order chi connectivity index (χ0) is 17.6. The fraction of sp³-hybridized carbons (Fsp3) is 0.211. The summed E-state index contributed by atoms with van der Waals surface area (Å²) in [7, 11) is -0.864. The van der Waals surface area contributed by atoms with Crippen LogP contribution in [0.1, 0.15) is 18.2 Å². The Bertz CT molecular complexity index is 884. The Morgan fingerprint density at radius 1 is 1.08 bits per heavy atom. The molecule has 1 unspecified atom stereocenters. The smallest absolute Gasteiger partial charge is 0.161 e. The molecule has 1 N–H and O–H groups in total. The van der Waals surface area contributed by atoms with Crippen LogP contribution < -0.4 is 5.32 Å². The molecular formula is C19H20N4OS. The zero-order valence-electron chi connectivity index (χ0n) is 14.3. The Kier molecular flexibility index (Phi) is 5.50. The molecule has 0 saturated carbocycles. The number of hydrogen-bond acceptors (Lipinski definition) is 5. The van der Waals surface area contributed by atoms with Crippen molar-refractivity contribution in [3.63, 3.8) is 0 Å². The number of nitrogens with zero attached hydrogens (tertiary/aromatic N) is 3. The highest BCUT2D eigenvalue weighted by atomic mass is 32.2. The molecule has 3 rings (SSSR count). The number of anilines is 2. The first-order valence-corrected chi connectivity index (χ1v) is 9.81.